The lowest BCUT2D eigenvalue weighted by Gasteiger charge is -2.29. The van der Waals surface area contributed by atoms with Crippen LogP contribution in [0.1, 0.15) is 25.8 Å². The standard InChI is InChI=1S/C14H19NO/c1-11(2)15-9-7-13(8-10-15)12-3-5-14(16)6-4-12/h3-7,11,16H,8-10H2,1-2H3. The van der Waals surface area contributed by atoms with Crippen molar-refractivity contribution in [3.8, 4) is 5.75 Å². The molecule has 2 rings (SSSR count). The monoisotopic (exact) mass is 217 g/mol. The van der Waals surface area contributed by atoms with Crippen molar-refractivity contribution in [1.82, 2.24) is 4.90 Å². The summed E-state index contributed by atoms with van der Waals surface area (Å²) in [5, 5.41) is 9.24. The first-order valence-corrected chi connectivity index (χ1v) is 5.89. The van der Waals surface area contributed by atoms with Gasteiger partial charge < -0.3 is 5.11 Å². The van der Waals surface area contributed by atoms with Gasteiger partial charge in [-0.1, -0.05) is 18.2 Å². The number of phenols is 1. The molecule has 2 heteroatoms. The van der Waals surface area contributed by atoms with E-state index < -0.39 is 0 Å². The first-order valence-electron chi connectivity index (χ1n) is 5.89. The second-order valence-electron chi connectivity index (χ2n) is 4.61. The quantitative estimate of drug-likeness (QED) is 0.823. The van der Waals surface area contributed by atoms with Crippen LogP contribution in [0.25, 0.3) is 5.57 Å². The van der Waals surface area contributed by atoms with Crippen molar-refractivity contribution < 1.29 is 5.11 Å². The fourth-order valence-electron chi connectivity index (χ4n) is 2.09. The Labute approximate surface area is 97.2 Å². The lowest BCUT2D eigenvalue weighted by Crippen LogP contribution is -2.34. The number of rotatable bonds is 2. The molecule has 2 nitrogen and oxygen atoms in total. The van der Waals surface area contributed by atoms with Crippen LogP contribution in [0.4, 0.5) is 0 Å². The fourth-order valence-corrected chi connectivity index (χ4v) is 2.09. The lowest BCUT2D eigenvalue weighted by molar-refractivity contribution is 0.245. The van der Waals surface area contributed by atoms with Gasteiger partial charge in [-0.3, -0.25) is 4.90 Å². The van der Waals surface area contributed by atoms with Gasteiger partial charge in [0.15, 0.2) is 0 Å². The van der Waals surface area contributed by atoms with Crippen molar-refractivity contribution >= 4 is 5.57 Å². The molecule has 0 atom stereocenters. The third-order valence-corrected chi connectivity index (χ3v) is 3.21. The van der Waals surface area contributed by atoms with Crippen LogP contribution in [0.2, 0.25) is 0 Å². The van der Waals surface area contributed by atoms with E-state index in [2.05, 4.69) is 24.8 Å². The second-order valence-corrected chi connectivity index (χ2v) is 4.61. The maximum atomic E-state index is 9.24. The number of benzene rings is 1. The van der Waals surface area contributed by atoms with Gasteiger partial charge in [0.25, 0.3) is 0 Å². The zero-order valence-electron chi connectivity index (χ0n) is 9.98. The van der Waals surface area contributed by atoms with Gasteiger partial charge in [-0.05, 0) is 43.5 Å². The largest absolute Gasteiger partial charge is 0.508 e. The van der Waals surface area contributed by atoms with Crippen LogP contribution in [-0.4, -0.2) is 29.1 Å². The normalized spacial score (nSPS) is 17.6. The van der Waals surface area contributed by atoms with Crippen molar-refractivity contribution in [1.29, 1.82) is 0 Å². The molecule has 0 spiro atoms. The van der Waals surface area contributed by atoms with E-state index in [1.165, 1.54) is 11.1 Å². The molecule has 0 unspecified atom stereocenters. The number of nitrogens with zero attached hydrogens (tertiary/aromatic N) is 1. The zero-order valence-corrected chi connectivity index (χ0v) is 9.98. The van der Waals surface area contributed by atoms with E-state index in [1.807, 2.05) is 12.1 Å². The van der Waals surface area contributed by atoms with Gasteiger partial charge in [0.2, 0.25) is 0 Å². The molecule has 1 N–H and O–H groups in total. The molecule has 1 aromatic rings. The summed E-state index contributed by atoms with van der Waals surface area (Å²) in [6, 6.07) is 8.12. The zero-order chi connectivity index (χ0) is 11.5. The van der Waals surface area contributed by atoms with E-state index in [4.69, 9.17) is 0 Å². The van der Waals surface area contributed by atoms with Crippen molar-refractivity contribution in [3.63, 3.8) is 0 Å². The summed E-state index contributed by atoms with van der Waals surface area (Å²) in [5.41, 5.74) is 2.64. The molecule has 0 saturated heterocycles. The molecule has 1 aromatic carbocycles. The number of hydrogen-bond donors (Lipinski definition) is 1. The maximum absolute atomic E-state index is 9.24. The van der Waals surface area contributed by atoms with Gasteiger partial charge in [0.05, 0.1) is 0 Å². The van der Waals surface area contributed by atoms with E-state index in [0.717, 1.165) is 19.5 Å². The highest BCUT2D eigenvalue weighted by atomic mass is 16.3. The predicted molar refractivity (Wildman–Crippen MR) is 67.4 cm³/mol. The van der Waals surface area contributed by atoms with Gasteiger partial charge in [-0.25, -0.2) is 0 Å². The van der Waals surface area contributed by atoms with Crippen LogP contribution >= 0.6 is 0 Å². The summed E-state index contributed by atoms with van der Waals surface area (Å²) in [4.78, 5) is 2.46. The highest BCUT2D eigenvalue weighted by molar-refractivity contribution is 5.67. The van der Waals surface area contributed by atoms with Crippen molar-refractivity contribution in [2.75, 3.05) is 13.1 Å². The Morgan fingerprint density at radius 2 is 1.88 bits per heavy atom. The smallest absolute Gasteiger partial charge is 0.115 e. The first-order chi connectivity index (χ1) is 7.66. The van der Waals surface area contributed by atoms with Crippen molar-refractivity contribution in [2.45, 2.75) is 26.3 Å². The minimum atomic E-state index is 0.337. The summed E-state index contributed by atoms with van der Waals surface area (Å²) >= 11 is 0. The average Bonchev–Trinajstić information content (AvgIpc) is 2.30. The molecule has 1 aliphatic heterocycles. The Morgan fingerprint density at radius 1 is 1.19 bits per heavy atom. The van der Waals surface area contributed by atoms with Crippen molar-refractivity contribution in [3.05, 3.63) is 35.9 Å². The Balaban J connectivity index is 2.10. The summed E-state index contributed by atoms with van der Waals surface area (Å²) in [5.74, 6) is 0.337. The molecule has 0 aliphatic carbocycles. The summed E-state index contributed by atoms with van der Waals surface area (Å²) in [7, 11) is 0. The molecular formula is C14H19NO. The minimum Gasteiger partial charge on any atom is -0.508 e. The average molecular weight is 217 g/mol. The number of phenolic OH excluding ortho intramolecular Hbond substituents is 1. The van der Waals surface area contributed by atoms with E-state index >= 15 is 0 Å². The van der Waals surface area contributed by atoms with Gasteiger partial charge in [0.1, 0.15) is 5.75 Å². The topological polar surface area (TPSA) is 23.5 Å². The molecule has 0 radical (unpaired) electrons. The highest BCUT2D eigenvalue weighted by Gasteiger charge is 2.14. The fraction of sp³-hybridized carbons (Fsp3) is 0.429. The SMILES string of the molecule is CC(C)N1CC=C(c2ccc(O)cc2)CC1. The van der Waals surface area contributed by atoms with E-state index in [1.54, 1.807) is 12.1 Å². The molecule has 1 heterocycles. The lowest BCUT2D eigenvalue weighted by atomic mass is 9.99. The number of hydrogen-bond acceptors (Lipinski definition) is 2. The third-order valence-electron chi connectivity index (χ3n) is 3.21. The van der Waals surface area contributed by atoms with Crippen LogP contribution in [-0.2, 0) is 0 Å². The Hall–Kier alpha value is -1.28. The van der Waals surface area contributed by atoms with Gasteiger partial charge >= 0.3 is 0 Å². The molecule has 16 heavy (non-hydrogen) atoms. The highest BCUT2D eigenvalue weighted by Crippen LogP contribution is 2.24. The van der Waals surface area contributed by atoms with E-state index in [9.17, 15) is 5.11 Å². The molecule has 0 amide bonds. The molecule has 0 fully saturated rings. The Bertz CT molecular complexity index is 378. The van der Waals surface area contributed by atoms with Crippen LogP contribution in [0.3, 0.4) is 0 Å². The van der Waals surface area contributed by atoms with Gasteiger partial charge in [-0.15, -0.1) is 0 Å². The summed E-state index contributed by atoms with van der Waals surface area (Å²) < 4.78 is 0. The third kappa shape index (κ3) is 2.45. The molecule has 0 aromatic heterocycles. The molecule has 86 valence electrons. The molecule has 1 aliphatic rings. The molecule has 0 bridgehead atoms. The first kappa shape index (κ1) is 11.2. The van der Waals surface area contributed by atoms with Gasteiger partial charge in [0, 0.05) is 19.1 Å². The predicted octanol–water partition coefficient (Wildman–Crippen LogP) is 2.89. The summed E-state index contributed by atoms with van der Waals surface area (Å²) in [6.07, 6.45) is 3.40. The molecular weight excluding hydrogens is 198 g/mol. The van der Waals surface area contributed by atoms with Gasteiger partial charge in [-0.2, -0.15) is 0 Å². The van der Waals surface area contributed by atoms with Crippen LogP contribution < -0.4 is 0 Å². The second kappa shape index (κ2) is 4.71. The maximum Gasteiger partial charge on any atom is 0.115 e. The van der Waals surface area contributed by atoms with Crippen LogP contribution in [0.5, 0.6) is 5.75 Å². The van der Waals surface area contributed by atoms with E-state index in [-0.39, 0.29) is 0 Å². The van der Waals surface area contributed by atoms with Crippen LogP contribution in [0, 0.1) is 0 Å². The Kier molecular flexibility index (Phi) is 3.30. The van der Waals surface area contributed by atoms with Crippen molar-refractivity contribution in [2.24, 2.45) is 0 Å². The summed E-state index contributed by atoms with van der Waals surface area (Å²) in [6.45, 7) is 6.64. The van der Waals surface area contributed by atoms with Crippen LogP contribution in [0.15, 0.2) is 30.3 Å². The minimum absolute atomic E-state index is 0.337. The Morgan fingerprint density at radius 3 is 2.38 bits per heavy atom. The molecule has 0 saturated carbocycles. The number of aromatic hydroxyl groups is 1. The van der Waals surface area contributed by atoms with E-state index in [0.29, 0.717) is 11.8 Å².